The first-order valence-electron chi connectivity index (χ1n) is 6.48. The lowest BCUT2D eigenvalue weighted by atomic mass is 10.2. The fourth-order valence-electron chi connectivity index (χ4n) is 1.60. The standard InChI is InChI=1S/C14H18N4O2/c1-9(2)6-16-14(19)11-5-12(8-15-7-11)17-13-4-10(3)20-18-13/h4-5,7-9H,6H2,1-3H3,(H,16,19)(H,17,18). The van der Waals surface area contributed by atoms with Crippen molar-refractivity contribution < 1.29 is 9.32 Å². The van der Waals surface area contributed by atoms with Crippen molar-refractivity contribution in [2.45, 2.75) is 20.8 Å². The van der Waals surface area contributed by atoms with Crippen molar-refractivity contribution in [1.82, 2.24) is 15.5 Å². The highest BCUT2D eigenvalue weighted by atomic mass is 16.5. The van der Waals surface area contributed by atoms with E-state index in [1.807, 2.05) is 20.8 Å². The van der Waals surface area contributed by atoms with Crippen molar-refractivity contribution in [3.63, 3.8) is 0 Å². The molecule has 0 aliphatic rings. The number of nitrogens with one attached hydrogen (secondary N) is 2. The van der Waals surface area contributed by atoms with E-state index in [9.17, 15) is 4.79 Å². The molecular formula is C14H18N4O2. The summed E-state index contributed by atoms with van der Waals surface area (Å²) in [6, 6.07) is 3.50. The van der Waals surface area contributed by atoms with E-state index in [1.165, 1.54) is 6.20 Å². The fraction of sp³-hybridized carbons (Fsp3) is 0.357. The number of anilines is 2. The van der Waals surface area contributed by atoms with Gasteiger partial charge in [0.25, 0.3) is 5.91 Å². The van der Waals surface area contributed by atoms with E-state index in [4.69, 9.17) is 4.52 Å². The third-order valence-corrected chi connectivity index (χ3v) is 2.57. The van der Waals surface area contributed by atoms with E-state index >= 15 is 0 Å². The van der Waals surface area contributed by atoms with E-state index in [0.717, 1.165) is 0 Å². The summed E-state index contributed by atoms with van der Waals surface area (Å²) in [6.07, 6.45) is 3.16. The topological polar surface area (TPSA) is 80.0 Å². The minimum Gasteiger partial charge on any atom is -0.360 e. The number of amides is 1. The maximum Gasteiger partial charge on any atom is 0.252 e. The fourth-order valence-corrected chi connectivity index (χ4v) is 1.60. The van der Waals surface area contributed by atoms with Crippen LogP contribution in [0.15, 0.2) is 29.0 Å². The molecule has 0 aliphatic heterocycles. The highest BCUT2D eigenvalue weighted by molar-refractivity contribution is 5.94. The lowest BCUT2D eigenvalue weighted by Gasteiger charge is -2.08. The van der Waals surface area contributed by atoms with E-state index in [0.29, 0.717) is 35.3 Å². The maximum atomic E-state index is 11.9. The number of hydrogen-bond donors (Lipinski definition) is 2. The Bertz CT molecular complexity index is 592. The lowest BCUT2D eigenvalue weighted by Crippen LogP contribution is -2.27. The van der Waals surface area contributed by atoms with Crippen molar-refractivity contribution in [2.75, 3.05) is 11.9 Å². The van der Waals surface area contributed by atoms with Crippen LogP contribution in [0.5, 0.6) is 0 Å². The van der Waals surface area contributed by atoms with Crippen molar-refractivity contribution in [3.8, 4) is 0 Å². The van der Waals surface area contributed by atoms with E-state index in [1.54, 1.807) is 18.3 Å². The first-order valence-corrected chi connectivity index (χ1v) is 6.48. The maximum absolute atomic E-state index is 11.9. The van der Waals surface area contributed by atoms with Crippen molar-refractivity contribution in [2.24, 2.45) is 5.92 Å². The van der Waals surface area contributed by atoms with Crippen molar-refractivity contribution in [1.29, 1.82) is 0 Å². The number of carbonyl (C=O) groups excluding carboxylic acids is 1. The quantitative estimate of drug-likeness (QED) is 0.875. The number of pyridine rings is 1. The van der Waals surface area contributed by atoms with Gasteiger partial charge in [0.05, 0.1) is 17.4 Å². The van der Waals surface area contributed by atoms with Crippen LogP contribution in [0.2, 0.25) is 0 Å². The van der Waals surface area contributed by atoms with Gasteiger partial charge < -0.3 is 15.2 Å². The average molecular weight is 274 g/mol. The molecule has 0 saturated carbocycles. The molecule has 20 heavy (non-hydrogen) atoms. The van der Waals surface area contributed by atoms with Gasteiger partial charge in [0.15, 0.2) is 5.82 Å². The first kappa shape index (κ1) is 14.0. The molecule has 0 bridgehead atoms. The van der Waals surface area contributed by atoms with Gasteiger partial charge in [-0.2, -0.15) is 0 Å². The van der Waals surface area contributed by atoms with Gasteiger partial charge in [-0.1, -0.05) is 19.0 Å². The second kappa shape index (κ2) is 6.18. The molecule has 0 aromatic carbocycles. The highest BCUT2D eigenvalue weighted by Crippen LogP contribution is 2.16. The molecule has 2 aromatic heterocycles. The zero-order valence-electron chi connectivity index (χ0n) is 11.8. The largest absolute Gasteiger partial charge is 0.360 e. The second-order valence-electron chi connectivity index (χ2n) is 5.01. The van der Waals surface area contributed by atoms with Gasteiger partial charge in [0, 0.05) is 18.8 Å². The summed E-state index contributed by atoms with van der Waals surface area (Å²) in [6.45, 7) is 6.54. The van der Waals surface area contributed by atoms with Crippen LogP contribution in [0.1, 0.15) is 30.0 Å². The molecule has 0 atom stereocenters. The van der Waals surface area contributed by atoms with Gasteiger partial charge in [-0.15, -0.1) is 0 Å². The summed E-state index contributed by atoms with van der Waals surface area (Å²) >= 11 is 0. The van der Waals surface area contributed by atoms with Crippen LogP contribution in [0.25, 0.3) is 0 Å². The Hall–Kier alpha value is -2.37. The second-order valence-corrected chi connectivity index (χ2v) is 5.01. The summed E-state index contributed by atoms with van der Waals surface area (Å²) in [4.78, 5) is 16.0. The van der Waals surface area contributed by atoms with Gasteiger partial charge in [-0.25, -0.2) is 0 Å². The van der Waals surface area contributed by atoms with Gasteiger partial charge in [0.1, 0.15) is 5.76 Å². The molecule has 0 radical (unpaired) electrons. The normalized spacial score (nSPS) is 10.6. The number of nitrogens with zero attached hydrogens (tertiary/aromatic N) is 2. The molecule has 0 fully saturated rings. The van der Waals surface area contributed by atoms with Crippen molar-refractivity contribution >= 4 is 17.4 Å². The van der Waals surface area contributed by atoms with Crippen LogP contribution in [0.3, 0.4) is 0 Å². The minimum absolute atomic E-state index is 0.133. The number of aryl methyl sites for hydroxylation is 1. The Morgan fingerprint density at radius 1 is 1.35 bits per heavy atom. The molecule has 0 unspecified atom stereocenters. The number of hydrogen-bond acceptors (Lipinski definition) is 5. The van der Waals surface area contributed by atoms with Crippen LogP contribution in [0, 0.1) is 12.8 Å². The molecule has 2 rings (SSSR count). The third kappa shape index (κ3) is 3.81. The van der Waals surface area contributed by atoms with Crippen LogP contribution >= 0.6 is 0 Å². The average Bonchev–Trinajstić information content (AvgIpc) is 2.81. The third-order valence-electron chi connectivity index (χ3n) is 2.57. The number of carbonyl (C=O) groups is 1. The molecule has 2 N–H and O–H groups in total. The Balaban J connectivity index is 2.05. The van der Waals surface area contributed by atoms with Crippen LogP contribution in [-0.2, 0) is 0 Å². The Morgan fingerprint density at radius 3 is 2.80 bits per heavy atom. The first-order chi connectivity index (χ1) is 9.54. The molecule has 0 saturated heterocycles. The number of aromatic nitrogens is 2. The Kier molecular flexibility index (Phi) is 4.34. The van der Waals surface area contributed by atoms with Crippen molar-refractivity contribution in [3.05, 3.63) is 35.9 Å². The van der Waals surface area contributed by atoms with Gasteiger partial charge in [0.2, 0.25) is 0 Å². The molecule has 2 aromatic rings. The summed E-state index contributed by atoms with van der Waals surface area (Å²) in [5.74, 6) is 1.58. The van der Waals surface area contributed by atoms with Gasteiger partial charge in [-0.3, -0.25) is 9.78 Å². The van der Waals surface area contributed by atoms with E-state index in [-0.39, 0.29) is 5.91 Å². The van der Waals surface area contributed by atoms with Crippen LogP contribution < -0.4 is 10.6 Å². The monoisotopic (exact) mass is 274 g/mol. The molecule has 2 heterocycles. The summed E-state index contributed by atoms with van der Waals surface area (Å²) in [5, 5.41) is 9.72. The van der Waals surface area contributed by atoms with Gasteiger partial charge >= 0.3 is 0 Å². The van der Waals surface area contributed by atoms with Crippen LogP contribution in [0.4, 0.5) is 11.5 Å². The summed E-state index contributed by atoms with van der Waals surface area (Å²) in [7, 11) is 0. The zero-order chi connectivity index (χ0) is 14.5. The van der Waals surface area contributed by atoms with E-state index in [2.05, 4.69) is 20.8 Å². The van der Waals surface area contributed by atoms with Gasteiger partial charge in [-0.05, 0) is 18.9 Å². The molecule has 0 aliphatic carbocycles. The molecule has 1 amide bonds. The number of rotatable bonds is 5. The molecule has 6 heteroatoms. The molecular weight excluding hydrogens is 256 g/mol. The Morgan fingerprint density at radius 2 is 2.15 bits per heavy atom. The summed E-state index contributed by atoms with van der Waals surface area (Å²) < 4.78 is 4.97. The van der Waals surface area contributed by atoms with E-state index < -0.39 is 0 Å². The Labute approximate surface area is 117 Å². The van der Waals surface area contributed by atoms with Crippen LogP contribution in [-0.4, -0.2) is 22.6 Å². The molecule has 6 nitrogen and oxygen atoms in total. The predicted molar refractivity (Wildman–Crippen MR) is 75.9 cm³/mol. The highest BCUT2D eigenvalue weighted by Gasteiger charge is 2.08. The minimum atomic E-state index is -0.133. The predicted octanol–water partition coefficient (Wildman–Crippen LogP) is 2.51. The molecule has 106 valence electrons. The lowest BCUT2D eigenvalue weighted by molar-refractivity contribution is 0.0948. The molecule has 0 spiro atoms. The SMILES string of the molecule is Cc1cc(Nc2cncc(C(=O)NCC(C)C)c2)no1. The zero-order valence-corrected chi connectivity index (χ0v) is 11.8. The smallest absolute Gasteiger partial charge is 0.252 e. The summed E-state index contributed by atoms with van der Waals surface area (Å²) in [5.41, 5.74) is 1.20.